The third kappa shape index (κ3) is 3.78. The minimum atomic E-state index is -0.0997. The van der Waals surface area contributed by atoms with Crippen LogP contribution >= 0.6 is 0 Å². The number of carbonyl (C=O) groups excluding carboxylic acids is 1. The molecule has 132 valence electrons. The fourth-order valence-corrected chi connectivity index (χ4v) is 3.08. The van der Waals surface area contributed by atoms with Crippen molar-refractivity contribution in [1.82, 2.24) is 20.3 Å². The highest BCUT2D eigenvalue weighted by molar-refractivity contribution is 5.96. The van der Waals surface area contributed by atoms with Gasteiger partial charge in [-0.1, -0.05) is 19.9 Å². The van der Waals surface area contributed by atoms with Gasteiger partial charge in [-0.15, -0.1) is 0 Å². The highest BCUT2D eigenvalue weighted by Crippen LogP contribution is 2.25. The number of anilines is 1. The van der Waals surface area contributed by atoms with Gasteiger partial charge >= 0.3 is 0 Å². The maximum atomic E-state index is 12.3. The lowest BCUT2D eigenvalue weighted by Gasteiger charge is -2.26. The van der Waals surface area contributed by atoms with Gasteiger partial charge in [0.25, 0.3) is 5.91 Å². The Morgan fingerprint density at radius 3 is 2.84 bits per heavy atom. The smallest absolute Gasteiger partial charge is 0.270 e. The number of nitrogens with zero attached hydrogens (tertiary/aromatic N) is 4. The Morgan fingerprint density at radius 1 is 1.32 bits per heavy atom. The van der Waals surface area contributed by atoms with E-state index in [9.17, 15) is 4.79 Å². The lowest BCUT2D eigenvalue weighted by Crippen LogP contribution is -2.35. The van der Waals surface area contributed by atoms with E-state index in [1.54, 1.807) is 0 Å². The number of hydrogen-bond acceptors (Lipinski definition) is 5. The van der Waals surface area contributed by atoms with Crippen LogP contribution in [0, 0.1) is 12.8 Å². The summed E-state index contributed by atoms with van der Waals surface area (Å²) in [5, 5.41) is 2.88. The molecule has 1 N–H and O–H groups in total. The Balaban J connectivity index is 1.99. The summed E-state index contributed by atoms with van der Waals surface area (Å²) in [6, 6.07) is 4.00. The van der Waals surface area contributed by atoms with E-state index >= 15 is 0 Å². The predicted molar refractivity (Wildman–Crippen MR) is 97.7 cm³/mol. The molecule has 0 spiro atoms. The van der Waals surface area contributed by atoms with Crippen molar-refractivity contribution in [3.05, 3.63) is 46.7 Å². The molecular weight excluding hydrogens is 314 g/mol. The van der Waals surface area contributed by atoms with Gasteiger partial charge in [0.1, 0.15) is 17.3 Å². The molecule has 6 nitrogen and oxygen atoms in total. The predicted octanol–water partition coefficient (Wildman–Crippen LogP) is 2.30. The van der Waals surface area contributed by atoms with Crippen LogP contribution in [0.1, 0.15) is 47.0 Å². The molecule has 0 unspecified atom stereocenters. The SMILES string of the molecule is Cc1cccnc1CN(C)c1nc(CC(C)C)nc2c1CCNC2=O. The number of fused-ring (bicyclic) bond motifs is 1. The Hall–Kier alpha value is -2.50. The maximum Gasteiger partial charge on any atom is 0.270 e. The van der Waals surface area contributed by atoms with Crippen LogP contribution in [0.4, 0.5) is 5.82 Å². The molecule has 25 heavy (non-hydrogen) atoms. The van der Waals surface area contributed by atoms with Crippen molar-refractivity contribution >= 4 is 11.7 Å². The van der Waals surface area contributed by atoms with Crippen molar-refractivity contribution in [2.75, 3.05) is 18.5 Å². The zero-order valence-electron chi connectivity index (χ0n) is 15.3. The molecule has 0 fully saturated rings. The van der Waals surface area contributed by atoms with Gasteiger partial charge in [0.2, 0.25) is 0 Å². The first-order valence-corrected chi connectivity index (χ1v) is 8.75. The molecule has 0 aromatic carbocycles. The van der Waals surface area contributed by atoms with Crippen LogP contribution in [-0.4, -0.2) is 34.5 Å². The zero-order chi connectivity index (χ0) is 18.0. The molecule has 1 amide bonds. The van der Waals surface area contributed by atoms with Gasteiger partial charge in [-0.05, 0) is 30.9 Å². The monoisotopic (exact) mass is 339 g/mol. The van der Waals surface area contributed by atoms with Crippen LogP contribution < -0.4 is 10.2 Å². The molecular formula is C19H25N5O. The number of pyridine rings is 1. The molecule has 1 aliphatic heterocycles. The highest BCUT2D eigenvalue weighted by atomic mass is 16.1. The fraction of sp³-hybridized carbons (Fsp3) is 0.474. The summed E-state index contributed by atoms with van der Waals surface area (Å²) in [6.45, 7) is 7.59. The molecule has 6 heteroatoms. The van der Waals surface area contributed by atoms with E-state index in [2.05, 4.69) is 47.0 Å². The number of nitrogens with one attached hydrogen (secondary N) is 1. The lowest BCUT2D eigenvalue weighted by molar-refractivity contribution is 0.0940. The minimum Gasteiger partial charge on any atom is -0.353 e. The zero-order valence-corrected chi connectivity index (χ0v) is 15.3. The Labute approximate surface area is 148 Å². The molecule has 0 radical (unpaired) electrons. The third-order valence-electron chi connectivity index (χ3n) is 4.36. The fourth-order valence-electron chi connectivity index (χ4n) is 3.08. The molecule has 3 rings (SSSR count). The molecule has 0 aliphatic carbocycles. The third-order valence-corrected chi connectivity index (χ3v) is 4.36. The van der Waals surface area contributed by atoms with E-state index < -0.39 is 0 Å². The summed E-state index contributed by atoms with van der Waals surface area (Å²) in [4.78, 5) is 28.2. The summed E-state index contributed by atoms with van der Waals surface area (Å²) in [7, 11) is 2.00. The number of hydrogen-bond donors (Lipinski definition) is 1. The summed E-state index contributed by atoms with van der Waals surface area (Å²) in [6.07, 6.45) is 3.32. The number of carbonyl (C=O) groups is 1. The molecule has 1 aliphatic rings. The van der Waals surface area contributed by atoms with Gasteiger partial charge < -0.3 is 10.2 Å². The molecule has 0 atom stereocenters. The Bertz CT molecular complexity index is 787. The summed E-state index contributed by atoms with van der Waals surface area (Å²) in [5.41, 5.74) is 3.63. The maximum absolute atomic E-state index is 12.3. The lowest BCUT2D eigenvalue weighted by atomic mass is 10.0. The summed E-state index contributed by atoms with van der Waals surface area (Å²) < 4.78 is 0. The van der Waals surface area contributed by atoms with Crippen LogP contribution in [0.2, 0.25) is 0 Å². The average molecular weight is 339 g/mol. The summed E-state index contributed by atoms with van der Waals surface area (Å²) >= 11 is 0. The van der Waals surface area contributed by atoms with Crippen LogP contribution in [0.3, 0.4) is 0 Å². The minimum absolute atomic E-state index is 0.0997. The van der Waals surface area contributed by atoms with Crippen molar-refractivity contribution < 1.29 is 4.79 Å². The van der Waals surface area contributed by atoms with Gasteiger partial charge in [0.05, 0.1) is 12.2 Å². The second-order valence-corrected chi connectivity index (χ2v) is 7.02. The molecule has 0 saturated heterocycles. The molecule has 0 bridgehead atoms. The van der Waals surface area contributed by atoms with Crippen molar-refractivity contribution in [3.8, 4) is 0 Å². The van der Waals surface area contributed by atoms with E-state index in [-0.39, 0.29) is 5.91 Å². The largest absolute Gasteiger partial charge is 0.353 e. The van der Waals surface area contributed by atoms with Crippen molar-refractivity contribution in [2.45, 2.75) is 40.2 Å². The number of aryl methyl sites for hydroxylation is 1. The molecule has 0 saturated carbocycles. The highest BCUT2D eigenvalue weighted by Gasteiger charge is 2.25. The second-order valence-electron chi connectivity index (χ2n) is 7.02. The van der Waals surface area contributed by atoms with Crippen LogP contribution in [0.15, 0.2) is 18.3 Å². The summed E-state index contributed by atoms with van der Waals surface area (Å²) in [5.74, 6) is 1.91. The number of rotatable bonds is 5. The van der Waals surface area contributed by atoms with E-state index in [4.69, 9.17) is 4.98 Å². The number of amides is 1. The first-order valence-electron chi connectivity index (χ1n) is 8.75. The van der Waals surface area contributed by atoms with Crippen LogP contribution in [0.25, 0.3) is 0 Å². The van der Waals surface area contributed by atoms with E-state index in [0.717, 1.165) is 41.3 Å². The Kier molecular flexibility index (Phi) is 4.97. The second kappa shape index (κ2) is 7.17. The first kappa shape index (κ1) is 17.3. The van der Waals surface area contributed by atoms with E-state index in [0.29, 0.717) is 24.7 Å². The van der Waals surface area contributed by atoms with Crippen molar-refractivity contribution in [1.29, 1.82) is 0 Å². The normalized spacial score (nSPS) is 13.6. The van der Waals surface area contributed by atoms with Gasteiger partial charge in [-0.25, -0.2) is 9.97 Å². The van der Waals surface area contributed by atoms with Gasteiger partial charge in [-0.3, -0.25) is 9.78 Å². The standard InChI is InChI=1S/C19H25N5O/c1-12(2)10-16-22-17-14(7-9-21-19(17)25)18(23-16)24(4)11-15-13(3)6-5-8-20-15/h5-6,8,12H,7,9-11H2,1-4H3,(H,21,25). The first-order chi connectivity index (χ1) is 12.0. The van der Waals surface area contributed by atoms with Crippen molar-refractivity contribution in [2.24, 2.45) is 5.92 Å². The van der Waals surface area contributed by atoms with Crippen molar-refractivity contribution in [3.63, 3.8) is 0 Å². The molecule has 3 heterocycles. The van der Waals surface area contributed by atoms with Crippen LogP contribution in [-0.2, 0) is 19.4 Å². The van der Waals surface area contributed by atoms with E-state index in [1.165, 1.54) is 0 Å². The quantitative estimate of drug-likeness (QED) is 0.905. The van der Waals surface area contributed by atoms with Gasteiger partial charge in [0, 0.05) is 31.8 Å². The average Bonchev–Trinajstić information content (AvgIpc) is 2.56. The van der Waals surface area contributed by atoms with Crippen LogP contribution in [0.5, 0.6) is 0 Å². The van der Waals surface area contributed by atoms with E-state index in [1.807, 2.05) is 19.3 Å². The Morgan fingerprint density at radius 2 is 2.12 bits per heavy atom. The molecule has 2 aromatic rings. The van der Waals surface area contributed by atoms with Gasteiger partial charge in [-0.2, -0.15) is 0 Å². The topological polar surface area (TPSA) is 71.0 Å². The van der Waals surface area contributed by atoms with Gasteiger partial charge in [0.15, 0.2) is 0 Å². The number of aromatic nitrogens is 3. The molecule has 2 aromatic heterocycles.